The number of hydrogen-bond acceptors (Lipinski definition) is 2. The zero-order valence-corrected chi connectivity index (χ0v) is 21.9. The number of rotatable bonds is 17. The molecule has 0 bridgehead atoms. The van der Waals surface area contributed by atoms with E-state index in [1.807, 2.05) is 0 Å². The standard InChI is InChI=1S/C27H49O2Si/c1-7-8-9-10-11-12-13-14-15-16-17-21-28-23-24-19-18-20-25(22-24)26(27(2,3)4)29-30(5)6/h18-20,22,26H,7-17,21,23H2,1-6H3. The monoisotopic (exact) mass is 433 g/mol. The van der Waals surface area contributed by atoms with E-state index in [0.29, 0.717) is 6.61 Å². The van der Waals surface area contributed by atoms with Gasteiger partial charge in [-0.25, -0.2) is 0 Å². The maximum Gasteiger partial charge on any atom is 0.205 e. The van der Waals surface area contributed by atoms with Gasteiger partial charge >= 0.3 is 0 Å². The first-order valence-electron chi connectivity index (χ1n) is 12.5. The molecule has 0 aromatic heterocycles. The summed E-state index contributed by atoms with van der Waals surface area (Å²) in [4.78, 5) is 0. The van der Waals surface area contributed by atoms with Crippen molar-refractivity contribution in [3.05, 3.63) is 35.4 Å². The van der Waals surface area contributed by atoms with Crippen molar-refractivity contribution >= 4 is 9.04 Å². The molecule has 0 fully saturated rings. The molecule has 173 valence electrons. The van der Waals surface area contributed by atoms with E-state index in [-0.39, 0.29) is 11.5 Å². The van der Waals surface area contributed by atoms with Crippen molar-refractivity contribution in [1.82, 2.24) is 0 Å². The summed E-state index contributed by atoms with van der Waals surface area (Å²) in [6.45, 7) is 15.1. The Morgan fingerprint density at radius 1 is 0.833 bits per heavy atom. The van der Waals surface area contributed by atoms with Crippen molar-refractivity contribution in [2.24, 2.45) is 5.41 Å². The van der Waals surface area contributed by atoms with Crippen LogP contribution in [0.25, 0.3) is 0 Å². The fourth-order valence-corrected chi connectivity index (χ4v) is 4.85. The molecule has 1 unspecified atom stereocenters. The third kappa shape index (κ3) is 12.9. The van der Waals surface area contributed by atoms with Gasteiger partial charge in [0.2, 0.25) is 9.04 Å². The Balaban J connectivity index is 2.20. The minimum Gasteiger partial charge on any atom is -0.410 e. The summed E-state index contributed by atoms with van der Waals surface area (Å²) in [6.07, 6.45) is 15.3. The van der Waals surface area contributed by atoms with Crippen molar-refractivity contribution in [1.29, 1.82) is 0 Å². The molecule has 0 aliphatic carbocycles. The van der Waals surface area contributed by atoms with Gasteiger partial charge in [-0.05, 0) is 36.1 Å². The molecule has 0 N–H and O–H groups in total. The van der Waals surface area contributed by atoms with Gasteiger partial charge in [-0.2, -0.15) is 0 Å². The molecule has 1 atom stereocenters. The minimum atomic E-state index is -0.747. The van der Waals surface area contributed by atoms with Gasteiger partial charge in [0.15, 0.2) is 0 Å². The Bertz CT molecular complexity index is 536. The second-order valence-corrected chi connectivity index (χ2v) is 12.2. The molecule has 0 amide bonds. The Morgan fingerprint density at radius 3 is 1.93 bits per heavy atom. The molecule has 1 aromatic carbocycles. The van der Waals surface area contributed by atoms with E-state index < -0.39 is 9.04 Å². The Kier molecular flexibility index (Phi) is 14.7. The summed E-state index contributed by atoms with van der Waals surface area (Å²) in [5.41, 5.74) is 2.63. The molecular formula is C27H49O2Si. The molecule has 1 rings (SSSR count). The summed E-state index contributed by atoms with van der Waals surface area (Å²) in [5.74, 6) is 0. The first-order valence-corrected chi connectivity index (χ1v) is 14.9. The molecule has 0 spiro atoms. The maximum atomic E-state index is 6.34. The zero-order chi connectivity index (χ0) is 22.2. The lowest BCUT2D eigenvalue weighted by Gasteiger charge is -2.33. The Morgan fingerprint density at radius 2 is 1.40 bits per heavy atom. The SMILES string of the molecule is CCCCCCCCCCCCCOCc1cccc(C(O[Si](C)C)C(C)(C)C)c1. The molecule has 0 aliphatic heterocycles. The van der Waals surface area contributed by atoms with Crippen LogP contribution < -0.4 is 0 Å². The maximum absolute atomic E-state index is 6.34. The largest absolute Gasteiger partial charge is 0.410 e. The average molecular weight is 434 g/mol. The van der Waals surface area contributed by atoms with E-state index in [1.54, 1.807) is 0 Å². The summed E-state index contributed by atoms with van der Waals surface area (Å²) in [7, 11) is -0.747. The van der Waals surface area contributed by atoms with E-state index in [0.717, 1.165) is 6.61 Å². The average Bonchev–Trinajstić information content (AvgIpc) is 2.69. The molecule has 0 saturated heterocycles. The molecule has 0 aliphatic rings. The van der Waals surface area contributed by atoms with Crippen LogP contribution >= 0.6 is 0 Å². The van der Waals surface area contributed by atoms with Crippen LogP contribution in [0.3, 0.4) is 0 Å². The fourth-order valence-electron chi connectivity index (χ4n) is 3.88. The lowest BCUT2D eigenvalue weighted by molar-refractivity contribution is 0.0858. The predicted octanol–water partition coefficient (Wildman–Crippen LogP) is 8.87. The van der Waals surface area contributed by atoms with Crippen molar-refractivity contribution in [2.45, 2.75) is 124 Å². The van der Waals surface area contributed by atoms with Gasteiger partial charge < -0.3 is 9.16 Å². The van der Waals surface area contributed by atoms with Gasteiger partial charge in [0, 0.05) is 6.61 Å². The molecule has 1 aromatic rings. The van der Waals surface area contributed by atoms with Gasteiger partial charge in [-0.15, -0.1) is 0 Å². The first-order chi connectivity index (χ1) is 14.3. The molecule has 2 nitrogen and oxygen atoms in total. The van der Waals surface area contributed by atoms with E-state index in [9.17, 15) is 0 Å². The van der Waals surface area contributed by atoms with Crippen molar-refractivity contribution in [3.8, 4) is 0 Å². The molecule has 3 heteroatoms. The van der Waals surface area contributed by atoms with E-state index >= 15 is 0 Å². The number of hydrogen-bond donors (Lipinski definition) is 0. The highest BCUT2D eigenvalue weighted by Gasteiger charge is 2.28. The topological polar surface area (TPSA) is 18.5 Å². The third-order valence-corrected chi connectivity index (χ3v) is 6.26. The molecular weight excluding hydrogens is 384 g/mol. The van der Waals surface area contributed by atoms with Gasteiger partial charge in [0.1, 0.15) is 0 Å². The highest BCUT2D eigenvalue weighted by atomic mass is 28.3. The van der Waals surface area contributed by atoms with E-state index in [2.05, 4.69) is 65.1 Å². The van der Waals surface area contributed by atoms with E-state index in [4.69, 9.17) is 9.16 Å². The lowest BCUT2D eigenvalue weighted by atomic mass is 9.84. The summed E-state index contributed by atoms with van der Waals surface area (Å²) < 4.78 is 12.3. The predicted molar refractivity (Wildman–Crippen MR) is 133 cm³/mol. The normalized spacial score (nSPS) is 13.2. The van der Waals surface area contributed by atoms with Crippen LogP contribution in [0.5, 0.6) is 0 Å². The zero-order valence-electron chi connectivity index (χ0n) is 20.9. The third-order valence-electron chi connectivity index (χ3n) is 5.55. The van der Waals surface area contributed by atoms with Crippen LogP contribution in [-0.2, 0) is 15.8 Å². The van der Waals surface area contributed by atoms with Gasteiger partial charge in [0.05, 0.1) is 12.7 Å². The molecule has 30 heavy (non-hydrogen) atoms. The highest BCUT2D eigenvalue weighted by molar-refractivity contribution is 6.48. The van der Waals surface area contributed by atoms with Crippen LogP contribution in [0.1, 0.15) is 116 Å². The van der Waals surface area contributed by atoms with Crippen LogP contribution in [0.15, 0.2) is 24.3 Å². The van der Waals surface area contributed by atoms with E-state index in [1.165, 1.54) is 81.8 Å². The summed E-state index contributed by atoms with van der Waals surface area (Å²) in [6, 6.07) is 8.80. The smallest absolute Gasteiger partial charge is 0.205 e. The first kappa shape index (κ1) is 27.4. The highest BCUT2D eigenvalue weighted by Crippen LogP contribution is 2.36. The number of benzene rings is 1. The van der Waals surface area contributed by atoms with Crippen molar-refractivity contribution < 1.29 is 9.16 Å². The Labute approximate surface area is 189 Å². The summed E-state index contributed by atoms with van der Waals surface area (Å²) >= 11 is 0. The second kappa shape index (κ2) is 16.1. The van der Waals surface area contributed by atoms with Crippen LogP contribution in [0.2, 0.25) is 13.1 Å². The quantitative estimate of drug-likeness (QED) is 0.180. The van der Waals surface area contributed by atoms with Crippen molar-refractivity contribution in [3.63, 3.8) is 0 Å². The lowest BCUT2D eigenvalue weighted by Crippen LogP contribution is -2.26. The van der Waals surface area contributed by atoms with Crippen LogP contribution in [-0.4, -0.2) is 15.6 Å². The van der Waals surface area contributed by atoms with Crippen LogP contribution in [0, 0.1) is 5.41 Å². The van der Waals surface area contributed by atoms with Gasteiger partial charge in [-0.3, -0.25) is 0 Å². The minimum absolute atomic E-state index is 0.0942. The molecule has 0 heterocycles. The fraction of sp³-hybridized carbons (Fsp3) is 0.778. The second-order valence-electron chi connectivity index (χ2n) is 10.1. The number of ether oxygens (including phenoxy) is 1. The number of unbranched alkanes of at least 4 members (excludes halogenated alkanes) is 10. The Hall–Kier alpha value is -0.643. The van der Waals surface area contributed by atoms with Crippen LogP contribution in [0.4, 0.5) is 0 Å². The van der Waals surface area contributed by atoms with Gasteiger partial charge in [0.25, 0.3) is 0 Å². The van der Waals surface area contributed by atoms with Crippen molar-refractivity contribution in [2.75, 3.05) is 6.61 Å². The molecule has 0 saturated carbocycles. The summed E-state index contributed by atoms with van der Waals surface area (Å²) in [5, 5.41) is 0. The molecule has 1 radical (unpaired) electrons. The van der Waals surface area contributed by atoms with Gasteiger partial charge in [-0.1, -0.05) is 116 Å².